The first kappa shape index (κ1) is 14.5. The number of aromatic hydroxyl groups is 1. The van der Waals surface area contributed by atoms with E-state index in [4.69, 9.17) is 5.11 Å². The van der Waals surface area contributed by atoms with E-state index in [-0.39, 0.29) is 12.2 Å². The van der Waals surface area contributed by atoms with Gasteiger partial charge in [0.15, 0.2) is 0 Å². The van der Waals surface area contributed by atoms with Gasteiger partial charge in [-0.3, -0.25) is 4.79 Å². The monoisotopic (exact) mass is 288 g/mol. The molecular formula is C16H16O3S. The molecule has 104 valence electrons. The minimum atomic E-state index is -0.813. The molecule has 2 aromatic carbocycles. The van der Waals surface area contributed by atoms with E-state index in [1.807, 2.05) is 37.3 Å². The van der Waals surface area contributed by atoms with Crippen LogP contribution in [0, 0.1) is 0 Å². The summed E-state index contributed by atoms with van der Waals surface area (Å²) in [6, 6.07) is 12.9. The zero-order chi connectivity index (χ0) is 14.5. The summed E-state index contributed by atoms with van der Waals surface area (Å²) >= 11 is 1.55. The maximum atomic E-state index is 10.9. The Hall–Kier alpha value is -1.94. The van der Waals surface area contributed by atoms with Gasteiger partial charge in [0.1, 0.15) is 5.75 Å². The summed E-state index contributed by atoms with van der Waals surface area (Å²) in [5, 5.41) is 18.2. The smallest absolute Gasteiger partial charge is 0.307 e. The quantitative estimate of drug-likeness (QED) is 0.880. The third-order valence-electron chi connectivity index (χ3n) is 2.97. The van der Waals surface area contributed by atoms with E-state index in [1.165, 1.54) is 0 Å². The fourth-order valence-electron chi connectivity index (χ4n) is 1.99. The summed E-state index contributed by atoms with van der Waals surface area (Å²) in [4.78, 5) is 12.9. The second kappa shape index (κ2) is 6.48. The van der Waals surface area contributed by atoms with E-state index in [0.29, 0.717) is 0 Å². The van der Waals surface area contributed by atoms with Crippen LogP contribution in [-0.4, -0.2) is 16.2 Å². The summed E-state index contributed by atoms with van der Waals surface area (Å²) in [6.45, 7) is 2.02. The number of hydrogen-bond donors (Lipinski definition) is 2. The zero-order valence-electron chi connectivity index (χ0n) is 11.2. The van der Waals surface area contributed by atoms with Crippen LogP contribution < -0.4 is 0 Å². The summed E-state index contributed by atoms with van der Waals surface area (Å²) in [5.41, 5.74) is 1.94. The van der Waals surface area contributed by atoms with Gasteiger partial charge in [0.05, 0.1) is 6.42 Å². The molecule has 2 aromatic rings. The van der Waals surface area contributed by atoms with Gasteiger partial charge in [-0.15, -0.1) is 0 Å². The largest absolute Gasteiger partial charge is 0.508 e. The molecule has 20 heavy (non-hydrogen) atoms. The molecule has 2 N–H and O–H groups in total. The molecule has 0 aliphatic carbocycles. The van der Waals surface area contributed by atoms with Gasteiger partial charge in [0.2, 0.25) is 0 Å². The number of carboxylic acid groups (broad SMARTS) is 1. The molecule has 0 aromatic heterocycles. The molecule has 4 heteroatoms. The van der Waals surface area contributed by atoms with Crippen molar-refractivity contribution in [2.24, 2.45) is 0 Å². The molecule has 0 spiro atoms. The molecule has 0 fully saturated rings. The van der Waals surface area contributed by atoms with Gasteiger partial charge < -0.3 is 10.2 Å². The normalized spacial score (nSPS) is 10.4. The number of aryl methyl sites for hydroxylation is 1. The Morgan fingerprint density at radius 3 is 2.30 bits per heavy atom. The lowest BCUT2D eigenvalue weighted by Gasteiger charge is -2.09. The molecule has 0 aliphatic heterocycles. The van der Waals surface area contributed by atoms with Crippen LogP contribution in [0.5, 0.6) is 5.75 Å². The first-order valence-electron chi connectivity index (χ1n) is 6.39. The van der Waals surface area contributed by atoms with E-state index in [1.54, 1.807) is 23.9 Å². The average molecular weight is 288 g/mol. The Morgan fingerprint density at radius 2 is 1.70 bits per heavy atom. The van der Waals surface area contributed by atoms with E-state index in [0.717, 1.165) is 27.3 Å². The van der Waals surface area contributed by atoms with Crippen molar-refractivity contribution < 1.29 is 15.0 Å². The Balaban J connectivity index is 2.23. The van der Waals surface area contributed by atoms with Gasteiger partial charge in [-0.25, -0.2) is 0 Å². The molecule has 0 aliphatic rings. The van der Waals surface area contributed by atoms with E-state index in [2.05, 4.69) is 0 Å². The Kier molecular flexibility index (Phi) is 4.69. The number of hydrogen-bond acceptors (Lipinski definition) is 3. The molecular weight excluding hydrogens is 272 g/mol. The summed E-state index contributed by atoms with van der Waals surface area (Å²) in [7, 11) is 0. The Labute approximate surface area is 122 Å². The fraction of sp³-hybridized carbons (Fsp3) is 0.188. The average Bonchev–Trinajstić information content (AvgIpc) is 2.41. The first-order valence-corrected chi connectivity index (χ1v) is 7.20. The van der Waals surface area contributed by atoms with Crippen molar-refractivity contribution in [3.8, 4) is 5.75 Å². The molecule has 0 unspecified atom stereocenters. The SMILES string of the molecule is CCc1ccc(Sc2ccc(O)cc2)cc1CC(=O)O. The van der Waals surface area contributed by atoms with Crippen LogP contribution in [0.15, 0.2) is 52.3 Å². The van der Waals surface area contributed by atoms with Crippen LogP contribution in [0.4, 0.5) is 0 Å². The number of carboxylic acids is 1. The van der Waals surface area contributed by atoms with Crippen molar-refractivity contribution in [3.05, 3.63) is 53.6 Å². The third kappa shape index (κ3) is 3.78. The van der Waals surface area contributed by atoms with Crippen LogP contribution >= 0.6 is 11.8 Å². The standard InChI is InChI=1S/C16H16O3S/c1-2-11-3-6-15(9-12(11)10-16(18)19)20-14-7-4-13(17)5-8-14/h3-9,17H,2,10H2,1H3,(H,18,19). The Bertz CT molecular complexity index is 606. The zero-order valence-corrected chi connectivity index (χ0v) is 12.0. The number of phenols is 1. The predicted molar refractivity (Wildman–Crippen MR) is 79.4 cm³/mol. The minimum absolute atomic E-state index is 0.0488. The number of benzene rings is 2. The first-order chi connectivity index (χ1) is 9.58. The van der Waals surface area contributed by atoms with Crippen molar-refractivity contribution >= 4 is 17.7 Å². The molecule has 0 bridgehead atoms. The fourth-order valence-corrected chi connectivity index (χ4v) is 2.87. The van der Waals surface area contributed by atoms with Crippen LogP contribution in [0.1, 0.15) is 18.1 Å². The van der Waals surface area contributed by atoms with Gasteiger partial charge in [-0.05, 0) is 53.9 Å². The van der Waals surface area contributed by atoms with Crippen molar-refractivity contribution in [2.45, 2.75) is 29.6 Å². The molecule has 0 saturated carbocycles. The maximum absolute atomic E-state index is 10.9. The topological polar surface area (TPSA) is 57.5 Å². The summed E-state index contributed by atoms with van der Waals surface area (Å²) in [5.74, 6) is -0.575. The van der Waals surface area contributed by atoms with Crippen LogP contribution in [0.25, 0.3) is 0 Å². The van der Waals surface area contributed by atoms with Gasteiger partial charge in [-0.2, -0.15) is 0 Å². The van der Waals surface area contributed by atoms with Crippen LogP contribution in [0.2, 0.25) is 0 Å². The highest BCUT2D eigenvalue weighted by Gasteiger charge is 2.08. The highest BCUT2D eigenvalue weighted by atomic mass is 32.2. The van der Waals surface area contributed by atoms with E-state index < -0.39 is 5.97 Å². The van der Waals surface area contributed by atoms with Gasteiger partial charge in [0.25, 0.3) is 0 Å². The number of aliphatic carboxylic acids is 1. The summed E-state index contributed by atoms with van der Waals surface area (Å²) < 4.78 is 0. The lowest BCUT2D eigenvalue weighted by Crippen LogP contribution is -2.03. The molecule has 2 rings (SSSR count). The predicted octanol–water partition coefficient (Wildman–Crippen LogP) is 3.73. The molecule has 0 saturated heterocycles. The maximum Gasteiger partial charge on any atom is 0.307 e. The van der Waals surface area contributed by atoms with Crippen molar-refractivity contribution in [1.29, 1.82) is 0 Å². The molecule has 3 nitrogen and oxygen atoms in total. The van der Waals surface area contributed by atoms with Crippen molar-refractivity contribution in [1.82, 2.24) is 0 Å². The molecule has 0 heterocycles. The molecule has 0 amide bonds. The lowest BCUT2D eigenvalue weighted by atomic mass is 10.0. The Morgan fingerprint density at radius 1 is 1.05 bits per heavy atom. The number of rotatable bonds is 5. The van der Waals surface area contributed by atoms with Crippen LogP contribution in [0.3, 0.4) is 0 Å². The highest BCUT2D eigenvalue weighted by Crippen LogP contribution is 2.30. The summed E-state index contributed by atoms with van der Waals surface area (Å²) in [6.07, 6.45) is 0.875. The van der Waals surface area contributed by atoms with E-state index in [9.17, 15) is 9.90 Å². The molecule has 0 radical (unpaired) electrons. The van der Waals surface area contributed by atoms with Crippen molar-refractivity contribution in [2.75, 3.05) is 0 Å². The lowest BCUT2D eigenvalue weighted by molar-refractivity contribution is -0.136. The van der Waals surface area contributed by atoms with Gasteiger partial charge >= 0.3 is 5.97 Å². The minimum Gasteiger partial charge on any atom is -0.508 e. The third-order valence-corrected chi connectivity index (χ3v) is 3.97. The van der Waals surface area contributed by atoms with Gasteiger partial charge in [0, 0.05) is 9.79 Å². The second-order valence-corrected chi connectivity index (χ2v) is 5.60. The molecule has 0 atom stereocenters. The van der Waals surface area contributed by atoms with Gasteiger partial charge in [-0.1, -0.05) is 24.8 Å². The van der Waals surface area contributed by atoms with E-state index >= 15 is 0 Å². The van der Waals surface area contributed by atoms with Crippen LogP contribution in [-0.2, 0) is 17.6 Å². The highest BCUT2D eigenvalue weighted by molar-refractivity contribution is 7.99. The number of phenolic OH excluding ortho intramolecular Hbond substituents is 1. The second-order valence-electron chi connectivity index (χ2n) is 4.45. The number of carbonyl (C=O) groups is 1. The van der Waals surface area contributed by atoms with Crippen molar-refractivity contribution in [3.63, 3.8) is 0 Å².